The van der Waals surface area contributed by atoms with E-state index in [2.05, 4.69) is 5.32 Å². The van der Waals surface area contributed by atoms with Crippen LogP contribution in [0.3, 0.4) is 0 Å². The average Bonchev–Trinajstić information content (AvgIpc) is 2.45. The molecule has 5 heteroatoms. The van der Waals surface area contributed by atoms with Crippen LogP contribution >= 0.6 is 11.8 Å². The van der Waals surface area contributed by atoms with Gasteiger partial charge in [0.2, 0.25) is 5.91 Å². The van der Waals surface area contributed by atoms with Gasteiger partial charge in [-0.2, -0.15) is 0 Å². The standard InChI is InChI=1S/C15H23NO3S/c1-12(2)19-9-3-8-16-15(18)11-20-14-6-4-13(10-17)5-7-14/h4-7,12,17H,3,8-11H2,1-2H3,(H,16,18). The van der Waals surface area contributed by atoms with Crippen LogP contribution < -0.4 is 5.32 Å². The highest BCUT2D eigenvalue weighted by molar-refractivity contribution is 8.00. The van der Waals surface area contributed by atoms with E-state index in [1.54, 1.807) is 0 Å². The Morgan fingerprint density at radius 1 is 1.35 bits per heavy atom. The number of amides is 1. The van der Waals surface area contributed by atoms with Gasteiger partial charge in [0.05, 0.1) is 18.5 Å². The van der Waals surface area contributed by atoms with Gasteiger partial charge in [0.15, 0.2) is 0 Å². The number of aliphatic hydroxyl groups is 1. The molecule has 0 saturated heterocycles. The van der Waals surface area contributed by atoms with E-state index in [-0.39, 0.29) is 18.6 Å². The summed E-state index contributed by atoms with van der Waals surface area (Å²) in [6.07, 6.45) is 1.07. The molecule has 0 aromatic heterocycles. The number of rotatable bonds is 9. The summed E-state index contributed by atoms with van der Waals surface area (Å²) in [6, 6.07) is 7.56. The van der Waals surface area contributed by atoms with Gasteiger partial charge in [-0.3, -0.25) is 4.79 Å². The van der Waals surface area contributed by atoms with Crippen molar-refractivity contribution < 1.29 is 14.6 Å². The second-order valence-corrected chi connectivity index (χ2v) is 5.76. The van der Waals surface area contributed by atoms with Gasteiger partial charge in [-0.05, 0) is 38.0 Å². The Labute approximate surface area is 124 Å². The molecule has 20 heavy (non-hydrogen) atoms. The number of ether oxygens (including phenoxy) is 1. The van der Waals surface area contributed by atoms with Crippen molar-refractivity contribution in [1.82, 2.24) is 5.32 Å². The van der Waals surface area contributed by atoms with E-state index < -0.39 is 0 Å². The van der Waals surface area contributed by atoms with Crippen molar-refractivity contribution in [2.45, 2.75) is 37.9 Å². The summed E-state index contributed by atoms with van der Waals surface area (Å²) in [5.74, 6) is 0.439. The van der Waals surface area contributed by atoms with Gasteiger partial charge in [0.1, 0.15) is 0 Å². The van der Waals surface area contributed by atoms with Crippen LogP contribution in [0.5, 0.6) is 0 Å². The van der Waals surface area contributed by atoms with Gasteiger partial charge in [0, 0.05) is 18.0 Å². The summed E-state index contributed by atoms with van der Waals surface area (Å²) >= 11 is 1.49. The summed E-state index contributed by atoms with van der Waals surface area (Å²) in [4.78, 5) is 12.7. The zero-order valence-electron chi connectivity index (χ0n) is 12.1. The molecule has 2 N–H and O–H groups in total. The number of carbonyl (C=O) groups excluding carboxylic acids is 1. The van der Waals surface area contributed by atoms with Gasteiger partial charge in [-0.15, -0.1) is 11.8 Å². The lowest BCUT2D eigenvalue weighted by atomic mass is 10.2. The SMILES string of the molecule is CC(C)OCCCNC(=O)CSc1ccc(CO)cc1. The van der Waals surface area contributed by atoms with Crippen LogP contribution in [0.25, 0.3) is 0 Å². The summed E-state index contributed by atoms with van der Waals surface area (Å²) in [6.45, 7) is 5.36. The zero-order chi connectivity index (χ0) is 14.8. The first-order valence-electron chi connectivity index (χ1n) is 6.82. The molecule has 0 aliphatic carbocycles. The van der Waals surface area contributed by atoms with E-state index in [0.29, 0.717) is 18.9 Å². The van der Waals surface area contributed by atoms with Gasteiger partial charge in [-0.1, -0.05) is 12.1 Å². The number of nitrogens with one attached hydrogen (secondary N) is 1. The fourth-order valence-corrected chi connectivity index (χ4v) is 2.24. The minimum atomic E-state index is 0.0331. The number of benzene rings is 1. The van der Waals surface area contributed by atoms with E-state index in [0.717, 1.165) is 16.9 Å². The van der Waals surface area contributed by atoms with Crippen LogP contribution in [0.4, 0.5) is 0 Å². The molecule has 0 spiro atoms. The monoisotopic (exact) mass is 297 g/mol. The third-order valence-electron chi connectivity index (χ3n) is 2.57. The minimum Gasteiger partial charge on any atom is -0.392 e. The molecule has 0 aliphatic rings. The van der Waals surface area contributed by atoms with E-state index in [4.69, 9.17) is 9.84 Å². The maximum Gasteiger partial charge on any atom is 0.230 e. The Bertz CT molecular complexity index is 393. The molecule has 112 valence electrons. The van der Waals surface area contributed by atoms with Crippen molar-refractivity contribution in [3.05, 3.63) is 29.8 Å². The van der Waals surface area contributed by atoms with E-state index >= 15 is 0 Å². The Kier molecular flexibility index (Phi) is 8.34. The number of thioether (sulfide) groups is 1. The minimum absolute atomic E-state index is 0.0331. The molecule has 1 rings (SSSR count). The molecule has 0 bridgehead atoms. The molecule has 0 saturated carbocycles. The third kappa shape index (κ3) is 7.53. The number of hydrogen-bond acceptors (Lipinski definition) is 4. The Balaban J connectivity index is 2.13. The predicted molar refractivity (Wildman–Crippen MR) is 81.8 cm³/mol. The molecule has 4 nitrogen and oxygen atoms in total. The predicted octanol–water partition coefficient (Wildman–Crippen LogP) is 2.20. The lowest BCUT2D eigenvalue weighted by molar-refractivity contribution is -0.118. The van der Waals surface area contributed by atoms with Gasteiger partial charge >= 0.3 is 0 Å². The highest BCUT2D eigenvalue weighted by Gasteiger charge is 2.02. The summed E-state index contributed by atoms with van der Waals surface area (Å²) in [7, 11) is 0. The topological polar surface area (TPSA) is 58.6 Å². The van der Waals surface area contributed by atoms with E-state index in [1.807, 2.05) is 38.1 Å². The zero-order valence-corrected chi connectivity index (χ0v) is 12.9. The van der Waals surface area contributed by atoms with Crippen molar-refractivity contribution in [3.8, 4) is 0 Å². The first-order valence-corrected chi connectivity index (χ1v) is 7.81. The van der Waals surface area contributed by atoms with Crippen LogP contribution in [-0.2, 0) is 16.1 Å². The number of aliphatic hydroxyl groups excluding tert-OH is 1. The molecule has 0 unspecified atom stereocenters. The fourth-order valence-electron chi connectivity index (χ4n) is 1.51. The molecule has 0 radical (unpaired) electrons. The van der Waals surface area contributed by atoms with Gasteiger partial charge < -0.3 is 15.2 Å². The first kappa shape index (κ1) is 17.0. The molecule has 1 aromatic rings. The average molecular weight is 297 g/mol. The lowest BCUT2D eigenvalue weighted by Crippen LogP contribution is -2.27. The molecule has 0 aliphatic heterocycles. The first-order chi connectivity index (χ1) is 9.61. The second kappa shape index (κ2) is 9.80. The van der Waals surface area contributed by atoms with Crippen molar-refractivity contribution in [3.63, 3.8) is 0 Å². The Hall–Kier alpha value is -1.04. The van der Waals surface area contributed by atoms with Crippen LogP contribution in [0.15, 0.2) is 29.2 Å². The normalized spacial score (nSPS) is 10.8. The second-order valence-electron chi connectivity index (χ2n) is 4.71. The van der Waals surface area contributed by atoms with Crippen molar-refractivity contribution >= 4 is 17.7 Å². The quantitative estimate of drug-likeness (QED) is 0.542. The summed E-state index contributed by atoms with van der Waals surface area (Å²) < 4.78 is 5.40. The smallest absolute Gasteiger partial charge is 0.230 e. The number of carbonyl (C=O) groups is 1. The van der Waals surface area contributed by atoms with E-state index in [9.17, 15) is 4.79 Å². The molecule has 0 atom stereocenters. The van der Waals surface area contributed by atoms with Crippen LogP contribution in [0.2, 0.25) is 0 Å². The summed E-state index contributed by atoms with van der Waals surface area (Å²) in [5.41, 5.74) is 0.879. The van der Waals surface area contributed by atoms with Crippen LogP contribution in [-0.4, -0.2) is 36.0 Å². The largest absolute Gasteiger partial charge is 0.392 e. The molecule has 1 amide bonds. The Morgan fingerprint density at radius 3 is 2.65 bits per heavy atom. The molecule has 0 heterocycles. The molecule has 0 fully saturated rings. The van der Waals surface area contributed by atoms with Crippen molar-refractivity contribution in [2.24, 2.45) is 0 Å². The fraction of sp³-hybridized carbons (Fsp3) is 0.533. The number of hydrogen-bond donors (Lipinski definition) is 2. The Morgan fingerprint density at radius 2 is 2.05 bits per heavy atom. The van der Waals surface area contributed by atoms with Gasteiger partial charge in [0.25, 0.3) is 0 Å². The van der Waals surface area contributed by atoms with Gasteiger partial charge in [-0.25, -0.2) is 0 Å². The van der Waals surface area contributed by atoms with Crippen LogP contribution in [0.1, 0.15) is 25.8 Å². The van der Waals surface area contributed by atoms with E-state index in [1.165, 1.54) is 11.8 Å². The maximum absolute atomic E-state index is 11.6. The molecular formula is C15H23NO3S. The molecular weight excluding hydrogens is 274 g/mol. The molecule has 1 aromatic carbocycles. The highest BCUT2D eigenvalue weighted by atomic mass is 32.2. The van der Waals surface area contributed by atoms with Crippen molar-refractivity contribution in [1.29, 1.82) is 0 Å². The maximum atomic E-state index is 11.6. The van der Waals surface area contributed by atoms with Crippen LogP contribution in [0, 0.1) is 0 Å². The summed E-state index contributed by atoms with van der Waals surface area (Å²) in [5, 5.41) is 11.8. The third-order valence-corrected chi connectivity index (χ3v) is 3.58. The van der Waals surface area contributed by atoms with Crippen molar-refractivity contribution in [2.75, 3.05) is 18.9 Å². The highest BCUT2D eigenvalue weighted by Crippen LogP contribution is 2.18. The lowest BCUT2D eigenvalue weighted by Gasteiger charge is -2.08.